The Labute approximate surface area is 172 Å². The number of ether oxygens (including phenoxy) is 1. The van der Waals surface area contributed by atoms with Gasteiger partial charge in [-0.1, -0.05) is 74.0 Å². The van der Waals surface area contributed by atoms with E-state index in [1.807, 2.05) is 30.0 Å². The van der Waals surface area contributed by atoms with Crippen molar-refractivity contribution in [3.63, 3.8) is 0 Å². The molecule has 2 atom stereocenters. The van der Waals surface area contributed by atoms with E-state index in [-0.39, 0.29) is 11.9 Å². The summed E-state index contributed by atoms with van der Waals surface area (Å²) in [7, 11) is 1.42. The number of carbonyl (C=O) groups excluding carboxylic acids is 2. The van der Waals surface area contributed by atoms with Crippen LogP contribution in [0.1, 0.15) is 38.2 Å². The van der Waals surface area contributed by atoms with E-state index in [1.165, 1.54) is 12.7 Å². The number of rotatable bonds is 4. The molecule has 2 aliphatic rings. The summed E-state index contributed by atoms with van der Waals surface area (Å²) in [4.78, 5) is 27.8. The number of likely N-dealkylation sites (tertiary alicyclic amines) is 1. The average Bonchev–Trinajstić information content (AvgIpc) is 2.92. The number of carbonyl (C=O) groups is 2. The molecule has 2 aromatic rings. The van der Waals surface area contributed by atoms with Crippen LogP contribution in [-0.4, -0.2) is 23.9 Å². The summed E-state index contributed by atoms with van der Waals surface area (Å²) in [5.41, 5.74) is 3.36. The number of amides is 1. The second kappa shape index (κ2) is 7.86. The second-order valence-corrected chi connectivity index (χ2v) is 8.01. The van der Waals surface area contributed by atoms with Crippen molar-refractivity contribution in [2.75, 3.05) is 7.11 Å². The van der Waals surface area contributed by atoms with Gasteiger partial charge in [0.15, 0.2) is 0 Å². The fourth-order valence-corrected chi connectivity index (χ4v) is 4.79. The molecule has 0 N–H and O–H groups in total. The molecule has 0 unspecified atom stereocenters. The van der Waals surface area contributed by atoms with E-state index < -0.39 is 11.3 Å². The number of allylic oxidation sites excluding steroid dienone is 1. The molecule has 4 nitrogen and oxygen atoms in total. The quantitative estimate of drug-likeness (QED) is 0.695. The molecule has 2 aromatic carbocycles. The maximum Gasteiger partial charge on any atom is 0.318 e. The number of nitrogens with zero attached hydrogens (tertiary/aromatic N) is 1. The van der Waals surface area contributed by atoms with Gasteiger partial charge in [-0.25, -0.2) is 0 Å². The van der Waals surface area contributed by atoms with Crippen molar-refractivity contribution >= 4 is 11.9 Å². The first-order valence-corrected chi connectivity index (χ1v) is 10.3. The minimum absolute atomic E-state index is 0.00989. The lowest BCUT2D eigenvalue weighted by atomic mass is 9.73. The summed E-state index contributed by atoms with van der Waals surface area (Å²) >= 11 is 0. The topological polar surface area (TPSA) is 46.6 Å². The Bertz CT molecular complexity index is 932. The lowest BCUT2D eigenvalue weighted by Crippen LogP contribution is -2.37. The van der Waals surface area contributed by atoms with E-state index in [0.29, 0.717) is 13.0 Å². The van der Waals surface area contributed by atoms with E-state index in [0.717, 1.165) is 36.1 Å². The van der Waals surface area contributed by atoms with Gasteiger partial charge in [0.25, 0.3) is 0 Å². The number of methoxy groups -OCH3 is 1. The Morgan fingerprint density at radius 1 is 1.07 bits per heavy atom. The van der Waals surface area contributed by atoms with Gasteiger partial charge in [0.1, 0.15) is 5.41 Å². The number of hydrogen-bond donors (Lipinski definition) is 0. The van der Waals surface area contributed by atoms with Gasteiger partial charge in [-0.3, -0.25) is 9.59 Å². The van der Waals surface area contributed by atoms with Crippen molar-refractivity contribution in [1.29, 1.82) is 0 Å². The van der Waals surface area contributed by atoms with Crippen LogP contribution < -0.4 is 0 Å². The summed E-state index contributed by atoms with van der Waals surface area (Å²) < 4.78 is 5.17. The summed E-state index contributed by atoms with van der Waals surface area (Å²) in [5.74, 6) is -0.674. The van der Waals surface area contributed by atoms with Crippen LogP contribution in [0.5, 0.6) is 0 Å². The van der Waals surface area contributed by atoms with Gasteiger partial charge in [0, 0.05) is 5.70 Å². The third-order valence-electron chi connectivity index (χ3n) is 6.44. The van der Waals surface area contributed by atoms with Gasteiger partial charge in [0.2, 0.25) is 5.91 Å². The molecule has 150 valence electrons. The summed E-state index contributed by atoms with van der Waals surface area (Å²) in [6.45, 7) is 2.35. The first-order chi connectivity index (χ1) is 14.1. The van der Waals surface area contributed by atoms with Crippen molar-refractivity contribution in [1.82, 2.24) is 4.90 Å². The van der Waals surface area contributed by atoms with Crippen molar-refractivity contribution in [3.05, 3.63) is 71.9 Å². The second-order valence-electron chi connectivity index (χ2n) is 8.01. The van der Waals surface area contributed by atoms with Crippen molar-refractivity contribution in [2.24, 2.45) is 11.3 Å². The monoisotopic (exact) mass is 389 g/mol. The molecule has 0 radical (unpaired) electrons. The zero-order chi connectivity index (χ0) is 20.4. The highest BCUT2D eigenvalue weighted by Crippen LogP contribution is 2.51. The summed E-state index contributed by atoms with van der Waals surface area (Å²) in [6, 6.07) is 18.5. The van der Waals surface area contributed by atoms with Crippen molar-refractivity contribution in [3.8, 4) is 11.1 Å². The molecule has 4 heteroatoms. The van der Waals surface area contributed by atoms with Crippen molar-refractivity contribution in [2.45, 2.75) is 39.2 Å². The Morgan fingerprint density at radius 2 is 1.76 bits per heavy atom. The van der Waals surface area contributed by atoms with E-state index >= 15 is 0 Å². The van der Waals surface area contributed by atoms with Gasteiger partial charge in [-0.05, 0) is 36.0 Å². The Hall–Kier alpha value is -2.88. The largest absolute Gasteiger partial charge is 0.468 e. The first-order valence-electron chi connectivity index (χ1n) is 10.3. The lowest BCUT2D eigenvalue weighted by molar-refractivity contribution is -0.154. The average molecular weight is 389 g/mol. The molecule has 0 spiro atoms. The molecule has 1 aliphatic heterocycles. The van der Waals surface area contributed by atoms with E-state index in [4.69, 9.17) is 4.74 Å². The number of hydrogen-bond acceptors (Lipinski definition) is 3. The molecular formula is C25H27NO3. The van der Waals surface area contributed by atoms with E-state index in [2.05, 4.69) is 42.5 Å². The maximum absolute atomic E-state index is 13.2. The molecule has 1 amide bonds. The highest BCUT2D eigenvalue weighted by atomic mass is 16.5. The van der Waals surface area contributed by atoms with Gasteiger partial charge in [0.05, 0.1) is 19.6 Å². The Morgan fingerprint density at radius 3 is 2.45 bits per heavy atom. The molecule has 1 fully saturated rings. The molecule has 0 saturated carbocycles. The van der Waals surface area contributed by atoms with Gasteiger partial charge < -0.3 is 9.64 Å². The van der Waals surface area contributed by atoms with E-state index in [9.17, 15) is 9.59 Å². The first kappa shape index (κ1) is 19.4. The predicted octanol–water partition coefficient (Wildman–Crippen LogP) is 4.95. The summed E-state index contributed by atoms with van der Waals surface area (Å²) in [5, 5.41) is 0. The van der Waals surface area contributed by atoms with Crippen LogP contribution in [0.2, 0.25) is 0 Å². The number of benzene rings is 2. The SMILES string of the molecule is COC(=O)[C@@]12CCCCC=C1N(Cc1ccc(-c3ccccc3)cc1)C(=O)[C@H]2C. The molecule has 0 aromatic heterocycles. The van der Waals surface area contributed by atoms with Crippen LogP contribution >= 0.6 is 0 Å². The highest BCUT2D eigenvalue weighted by molar-refractivity contribution is 5.96. The zero-order valence-corrected chi connectivity index (χ0v) is 17.1. The Kier molecular flexibility index (Phi) is 5.27. The molecule has 29 heavy (non-hydrogen) atoms. The molecular weight excluding hydrogens is 362 g/mol. The predicted molar refractivity (Wildman–Crippen MR) is 113 cm³/mol. The third kappa shape index (κ3) is 3.27. The zero-order valence-electron chi connectivity index (χ0n) is 17.1. The number of esters is 1. The molecule has 1 saturated heterocycles. The fourth-order valence-electron chi connectivity index (χ4n) is 4.79. The third-order valence-corrected chi connectivity index (χ3v) is 6.44. The summed E-state index contributed by atoms with van der Waals surface area (Å²) in [6.07, 6.45) is 5.60. The van der Waals surface area contributed by atoms with Crippen LogP contribution in [0.4, 0.5) is 0 Å². The number of fused-ring (bicyclic) bond motifs is 1. The lowest BCUT2D eigenvalue weighted by Gasteiger charge is -2.30. The normalized spacial score (nSPS) is 23.9. The molecule has 1 heterocycles. The Balaban J connectivity index is 1.64. The van der Waals surface area contributed by atoms with E-state index in [1.54, 1.807) is 0 Å². The smallest absolute Gasteiger partial charge is 0.318 e. The maximum atomic E-state index is 13.2. The molecule has 0 bridgehead atoms. The van der Waals surface area contributed by atoms with Crippen LogP contribution in [0.25, 0.3) is 11.1 Å². The highest BCUT2D eigenvalue weighted by Gasteiger charge is 2.59. The van der Waals surface area contributed by atoms with Crippen LogP contribution in [0, 0.1) is 11.3 Å². The molecule has 1 aliphatic carbocycles. The standard InChI is InChI=1S/C25H27NO3/c1-18-23(27)26(22-11-7-4-8-16-25(18,22)24(28)29-2)17-19-12-14-21(15-13-19)20-9-5-3-6-10-20/h3,5-6,9-15,18H,4,7-8,16-17H2,1-2H3/t18-,25-/m1/s1. The molecule has 4 rings (SSSR count). The minimum atomic E-state index is -0.841. The van der Waals surface area contributed by atoms with Crippen LogP contribution in [0.3, 0.4) is 0 Å². The van der Waals surface area contributed by atoms with Gasteiger partial charge in [-0.15, -0.1) is 0 Å². The van der Waals surface area contributed by atoms with Crippen LogP contribution in [0.15, 0.2) is 66.4 Å². The van der Waals surface area contributed by atoms with Crippen LogP contribution in [-0.2, 0) is 20.9 Å². The van der Waals surface area contributed by atoms with Crippen molar-refractivity contribution < 1.29 is 14.3 Å². The van der Waals surface area contributed by atoms with Gasteiger partial charge in [-0.2, -0.15) is 0 Å². The fraction of sp³-hybridized carbons (Fsp3) is 0.360. The minimum Gasteiger partial charge on any atom is -0.468 e. The van der Waals surface area contributed by atoms with Gasteiger partial charge >= 0.3 is 5.97 Å².